The maximum Gasteiger partial charge on any atom is 0.0103 e. The highest BCUT2D eigenvalue weighted by molar-refractivity contribution is 8.10. The van der Waals surface area contributed by atoms with E-state index in [4.69, 9.17) is 0 Å². The second-order valence-corrected chi connectivity index (χ2v) is 7.80. The van der Waals surface area contributed by atoms with Gasteiger partial charge in [0.2, 0.25) is 0 Å². The van der Waals surface area contributed by atoms with Gasteiger partial charge in [-0.15, -0.1) is 0 Å². The molecule has 1 aliphatic rings. The molecule has 1 fully saturated rings. The third kappa shape index (κ3) is 9.97. The van der Waals surface area contributed by atoms with Gasteiger partial charge in [0.25, 0.3) is 0 Å². The number of hydrogen-bond donors (Lipinski definition) is 2. The third-order valence-electron chi connectivity index (χ3n) is 3.09. The predicted molar refractivity (Wildman–Crippen MR) is 78.8 cm³/mol. The SMILES string of the molecule is C1CCCCCCPPNNCCCCC1. The molecular formula is C12H28N2P2. The maximum absolute atomic E-state index is 3.36. The Labute approximate surface area is 105 Å². The summed E-state index contributed by atoms with van der Waals surface area (Å²) in [6.07, 6.45) is 15.9. The first kappa shape index (κ1) is 14.8. The largest absolute Gasteiger partial charge is 0.254 e. The molecule has 1 heterocycles. The van der Waals surface area contributed by atoms with Gasteiger partial charge in [0.05, 0.1) is 0 Å². The molecule has 0 aromatic heterocycles. The zero-order valence-corrected chi connectivity index (χ0v) is 12.5. The minimum atomic E-state index is 0.937. The Balaban J connectivity index is 2.00. The summed E-state index contributed by atoms with van der Waals surface area (Å²) in [6, 6.07) is 0. The fourth-order valence-electron chi connectivity index (χ4n) is 2.05. The molecule has 0 radical (unpaired) electrons. The Morgan fingerprint density at radius 1 is 0.625 bits per heavy atom. The van der Waals surface area contributed by atoms with Gasteiger partial charge in [-0.25, -0.2) is 5.20 Å². The smallest absolute Gasteiger partial charge is 0.0103 e. The molecule has 2 atom stereocenters. The standard InChI is InChI=1S/C12H28N2P2/c1-2-4-6-8-10-12-15-16-14-13-11-9-7-5-3-1/h13-16H,1-12H2. The quantitative estimate of drug-likeness (QED) is 0.640. The van der Waals surface area contributed by atoms with Crippen molar-refractivity contribution in [1.82, 2.24) is 10.6 Å². The molecule has 0 amide bonds. The molecule has 2 nitrogen and oxygen atoms in total. The summed E-state index contributed by atoms with van der Waals surface area (Å²) in [4.78, 5) is 0. The van der Waals surface area contributed by atoms with Crippen LogP contribution in [0.4, 0.5) is 0 Å². The molecule has 96 valence electrons. The summed E-state index contributed by atoms with van der Waals surface area (Å²) >= 11 is 0. The van der Waals surface area contributed by atoms with Crippen LogP contribution in [0.5, 0.6) is 0 Å². The summed E-state index contributed by atoms with van der Waals surface area (Å²) < 4.78 is 0. The Morgan fingerprint density at radius 2 is 1.19 bits per heavy atom. The van der Waals surface area contributed by atoms with Crippen LogP contribution in [0, 0.1) is 0 Å². The molecule has 1 rings (SSSR count). The monoisotopic (exact) mass is 262 g/mol. The van der Waals surface area contributed by atoms with Crippen molar-refractivity contribution in [2.45, 2.75) is 64.2 Å². The lowest BCUT2D eigenvalue weighted by atomic mass is 10.1. The van der Waals surface area contributed by atoms with Crippen LogP contribution >= 0.6 is 16.7 Å². The lowest BCUT2D eigenvalue weighted by molar-refractivity contribution is 0.541. The van der Waals surface area contributed by atoms with Crippen molar-refractivity contribution in [2.24, 2.45) is 0 Å². The van der Waals surface area contributed by atoms with Crippen molar-refractivity contribution < 1.29 is 0 Å². The van der Waals surface area contributed by atoms with E-state index in [0.717, 1.165) is 23.2 Å². The van der Waals surface area contributed by atoms with Gasteiger partial charge in [-0.2, -0.15) is 0 Å². The Hall–Kier alpha value is 0.780. The predicted octanol–water partition coefficient (Wildman–Crippen LogP) is 4.18. The fourth-order valence-corrected chi connectivity index (χ4v) is 4.34. The minimum Gasteiger partial charge on any atom is -0.254 e. The van der Waals surface area contributed by atoms with Gasteiger partial charge in [0.15, 0.2) is 0 Å². The van der Waals surface area contributed by atoms with E-state index >= 15 is 0 Å². The summed E-state index contributed by atoms with van der Waals surface area (Å²) in [5.41, 5.74) is 3.34. The summed E-state index contributed by atoms with van der Waals surface area (Å²) in [5, 5.41) is 3.36. The number of rotatable bonds is 0. The Bertz CT molecular complexity index is 81.0. The first-order valence-electron chi connectivity index (χ1n) is 6.96. The third-order valence-corrected chi connectivity index (χ3v) is 5.83. The average Bonchev–Trinajstić information content (AvgIpc) is 2.29. The van der Waals surface area contributed by atoms with Gasteiger partial charge in [-0.05, 0) is 27.4 Å². The van der Waals surface area contributed by atoms with Crippen LogP contribution < -0.4 is 10.6 Å². The topological polar surface area (TPSA) is 24.1 Å². The van der Waals surface area contributed by atoms with Crippen molar-refractivity contribution in [2.75, 3.05) is 12.7 Å². The van der Waals surface area contributed by atoms with Gasteiger partial charge in [-0.3, -0.25) is 5.43 Å². The van der Waals surface area contributed by atoms with E-state index in [1.807, 2.05) is 0 Å². The zero-order chi connectivity index (χ0) is 11.3. The highest BCUT2D eigenvalue weighted by Crippen LogP contribution is 2.33. The molecule has 0 aliphatic carbocycles. The lowest BCUT2D eigenvalue weighted by Gasteiger charge is -2.08. The molecule has 1 saturated heterocycles. The molecule has 0 aromatic carbocycles. The van der Waals surface area contributed by atoms with E-state index in [0.29, 0.717) is 0 Å². The molecule has 2 unspecified atom stereocenters. The van der Waals surface area contributed by atoms with Crippen molar-refractivity contribution in [1.29, 1.82) is 0 Å². The van der Waals surface area contributed by atoms with Crippen LogP contribution in [-0.2, 0) is 0 Å². The van der Waals surface area contributed by atoms with E-state index in [-0.39, 0.29) is 0 Å². The average molecular weight is 262 g/mol. The van der Waals surface area contributed by atoms with Crippen LogP contribution in [0.1, 0.15) is 64.2 Å². The highest BCUT2D eigenvalue weighted by atomic mass is 32.0. The van der Waals surface area contributed by atoms with Crippen molar-refractivity contribution in [3.8, 4) is 0 Å². The number of nitrogens with one attached hydrogen (secondary N) is 2. The van der Waals surface area contributed by atoms with Crippen molar-refractivity contribution in [3.05, 3.63) is 0 Å². The van der Waals surface area contributed by atoms with Gasteiger partial charge in [-0.1, -0.05) is 59.6 Å². The summed E-state index contributed by atoms with van der Waals surface area (Å²) in [6.45, 7) is 1.15. The number of hydrazine groups is 1. The van der Waals surface area contributed by atoms with Crippen molar-refractivity contribution >= 4 is 16.7 Å². The second-order valence-electron chi connectivity index (χ2n) is 4.64. The molecule has 0 aromatic rings. The molecule has 0 saturated carbocycles. The van der Waals surface area contributed by atoms with Crippen molar-refractivity contribution in [3.63, 3.8) is 0 Å². The maximum atomic E-state index is 3.36. The second kappa shape index (κ2) is 12.2. The van der Waals surface area contributed by atoms with Crippen LogP contribution in [0.25, 0.3) is 0 Å². The normalized spacial score (nSPS) is 27.0. The van der Waals surface area contributed by atoms with E-state index in [9.17, 15) is 0 Å². The Morgan fingerprint density at radius 3 is 1.88 bits per heavy atom. The highest BCUT2D eigenvalue weighted by Gasteiger charge is 1.95. The van der Waals surface area contributed by atoms with Crippen LogP contribution in [0.15, 0.2) is 0 Å². The van der Waals surface area contributed by atoms with Crippen LogP contribution in [0.2, 0.25) is 0 Å². The molecule has 4 heteroatoms. The molecule has 1 aliphatic heterocycles. The molecule has 0 spiro atoms. The first-order chi connectivity index (χ1) is 8.00. The zero-order valence-electron chi connectivity index (χ0n) is 10.5. The van der Waals surface area contributed by atoms with E-state index in [1.165, 1.54) is 70.4 Å². The molecule has 0 bridgehead atoms. The molecule has 16 heavy (non-hydrogen) atoms. The number of hydrogen-bond acceptors (Lipinski definition) is 2. The summed E-state index contributed by atoms with van der Waals surface area (Å²) in [7, 11) is 2.06. The minimum absolute atomic E-state index is 0.937. The summed E-state index contributed by atoms with van der Waals surface area (Å²) in [5.74, 6) is 0. The van der Waals surface area contributed by atoms with Gasteiger partial charge >= 0.3 is 0 Å². The fraction of sp³-hybridized carbons (Fsp3) is 1.00. The van der Waals surface area contributed by atoms with E-state index in [2.05, 4.69) is 10.6 Å². The molecule has 2 N–H and O–H groups in total. The van der Waals surface area contributed by atoms with E-state index in [1.54, 1.807) is 0 Å². The lowest BCUT2D eigenvalue weighted by Crippen LogP contribution is -2.24. The van der Waals surface area contributed by atoms with Gasteiger partial charge in [0.1, 0.15) is 0 Å². The van der Waals surface area contributed by atoms with E-state index < -0.39 is 0 Å². The van der Waals surface area contributed by atoms with Gasteiger partial charge < -0.3 is 0 Å². The first-order valence-corrected chi connectivity index (χ1v) is 10.2. The van der Waals surface area contributed by atoms with Gasteiger partial charge in [0, 0.05) is 6.54 Å². The molecular weight excluding hydrogens is 234 g/mol. The van der Waals surface area contributed by atoms with Crippen LogP contribution in [0.3, 0.4) is 0 Å². The van der Waals surface area contributed by atoms with Crippen LogP contribution in [-0.4, -0.2) is 12.7 Å². The Kier molecular flexibility index (Phi) is 11.4.